The van der Waals surface area contributed by atoms with E-state index in [0.29, 0.717) is 12.4 Å². The molecule has 2 aromatic carbocycles. The molecule has 164 valence electrons. The van der Waals surface area contributed by atoms with Gasteiger partial charge in [0.2, 0.25) is 0 Å². The molecule has 1 aliphatic rings. The molecule has 7 heteroatoms. The smallest absolute Gasteiger partial charge is 0.295 e. The molecule has 1 aliphatic heterocycles. The number of carbonyl (C=O) groups is 2. The number of thiophene rings is 1. The lowest BCUT2D eigenvalue weighted by molar-refractivity contribution is -0.140. The van der Waals surface area contributed by atoms with Crippen molar-refractivity contribution in [2.45, 2.75) is 26.4 Å². The minimum atomic E-state index is -0.731. The predicted molar refractivity (Wildman–Crippen MR) is 126 cm³/mol. The van der Waals surface area contributed by atoms with Crippen LogP contribution in [0.4, 0.5) is 0 Å². The summed E-state index contributed by atoms with van der Waals surface area (Å²) in [6, 6.07) is 15.5. The van der Waals surface area contributed by atoms with Crippen molar-refractivity contribution in [3.8, 4) is 5.75 Å². The van der Waals surface area contributed by atoms with E-state index in [4.69, 9.17) is 16.3 Å². The number of halogens is 1. The van der Waals surface area contributed by atoms with Crippen molar-refractivity contribution >= 4 is 40.4 Å². The molecule has 0 saturated carbocycles. The molecule has 1 N–H and O–H groups in total. The van der Waals surface area contributed by atoms with Gasteiger partial charge in [0.25, 0.3) is 11.7 Å². The minimum Gasteiger partial charge on any atom is -0.507 e. The normalized spacial score (nSPS) is 17.7. The second-order valence-corrected chi connectivity index (χ2v) is 8.88. The van der Waals surface area contributed by atoms with E-state index in [-0.39, 0.29) is 28.5 Å². The van der Waals surface area contributed by atoms with Crippen LogP contribution in [0, 0.1) is 6.92 Å². The summed E-state index contributed by atoms with van der Waals surface area (Å²) in [6.45, 7) is 4.48. The molecule has 3 aromatic rings. The number of ether oxygens (including phenoxy) is 1. The van der Waals surface area contributed by atoms with E-state index in [1.54, 1.807) is 18.2 Å². The Balaban J connectivity index is 1.91. The fraction of sp³-hybridized carbons (Fsp3) is 0.200. The van der Waals surface area contributed by atoms with Gasteiger partial charge in [-0.05, 0) is 54.6 Å². The molecule has 1 unspecified atom stereocenters. The molecular formula is C25H22ClNO4S. The quantitative estimate of drug-likeness (QED) is 0.285. The zero-order valence-corrected chi connectivity index (χ0v) is 19.2. The van der Waals surface area contributed by atoms with Crippen molar-refractivity contribution in [2.75, 3.05) is 6.61 Å². The van der Waals surface area contributed by atoms with Gasteiger partial charge in [-0.1, -0.05) is 41.9 Å². The molecule has 5 nitrogen and oxygen atoms in total. The number of hydrogen-bond donors (Lipinski definition) is 1. The van der Waals surface area contributed by atoms with Gasteiger partial charge in [0.15, 0.2) is 0 Å². The summed E-state index contributed by atoms with van der Waals surface area (Å²) in [5, 5.41) is 13.5. The van der Waals surface area contributed by atoms with Gasteiger partial charge in [0, 0.05) is 10.4 Å². The predicted octanol–water partition coefficient (Wildman–Crippen LogP) is 5.73. The van der Waals surface area contributed by atoms with Crippen LogP contribution in [-0.2, 0) is 16.1 Å². The van der Waals surface area contributed by atoms with Crippen molar-refractivity contribution in [1.82, 2.24) is 4.90 Å². The first-order valence-electron chi connectivity index (χ1n) is 10.2. The lowest BCUT2D eigenvalue weighted by Crippen LogP contribution is -2.29. The van der Waals surface area contributed by atoms with Gasteiger partial charge >= 0.3 is 0 Å². The topological polar surface area (TPSA) is 66.8 Å². The molecule has 1 aromatic heterocycles. The maximum Gasteiger partial charge on any atom is 0.295 e. The summed E-state index contributed by atoms with van der Waals surface area (Å²) in [4.78, 5) is 28.8. The summed E-state index contributed by atoms with van der Waals surface area (Å²) >= 11 is 7.88. The Labute approximate surface area is 195 Å². The third-order valence-corrected chi connectivity index (χ3v) is 6.62. The van der Waals surface area contributed by atoms with E-state index in [1.807, 2.05) is 55.6 Å². The maximum absolute atomic E-state index is 13.2. The number of aliphatic hydroxyl groups is 1. The van der Waals surface area contributed by atoms with E-state index < -0.39 is 17.7 Å². The number of aliphatic hydroxyl groups excluding tert-OH is 1. The minimum absolute atomic E-state index is 0.0244. The number of aryl methyl sites for hydroxylation is 1. The van der Waals surface area contributed by atoms with Crippen LogP contribution >= 0.6 is 22.9 Å². The molecule has 32 heavy (non-hydrogen) atoms. The molecule has 1 amide bonds. The van der Waals surface area contributed by atoms with E-state index >= 15 is 0 Å². The third kappa shape index (κ3) is 4.04. The highest BCUT2D eigenvalue weighted by Crippen LogP contribution is 2.42. The monoisotopic (exact) mass is 467 g/mol. The number of hydrogen-bond acceptors (Lipinski definition) is 5. The van der Waals surface area contributed by atoms with E-state index in [9.17, 15) is 14.7 Å². The number of benzene rings is 2. The van der Waals surface area contributed by atoms with E-state index in [1.165, 1.54) is 16.2 Å². The Morgan fingerprint density at radius 2 is 1.94 bits per heavy atom. The van der Waals surface area contributed by atoms with Crippen molar-refractivity contribution in [3.05, 3.63) is 92.1 Å². The van der Waals surface area contributed by atoms with E-state index in [0.717, 1.165) is 16.0 Å². The van der Waals surface area contributed by atoms with Crippen LogP contribution in [0.3, 0.4) is 0 Å². The Morgan fingerprint density at radius 1 is 1.16 bits per heavy atom. The van der Waals surface area contributed by atoms with E-state index in [2.05, 4.69) is 0 Å². The van der Waals surface area contributed by atoms with Crippen LogP contribution in [0.25, 0.3) is 5.76 Å². The Kier molecular flexibility index (Phi) is 6.35. The van der Waals surface area contributed by atoms with Crippen molar-refractivity contribution in [3.63, 3.8) is 0 Å². The first kappa shape index (κ1) is 22.1. The molecule has 0 spiro atoms. The van der Waals surface area contributed by atoms with Gasteiger partial charge in [0.05, 0.1) is 29.8 Å². The third-order valence-electron chi connectivity index (χ3n) is 5.43. The van der Waals surface area contributed by atoms with Gasteiger partial charge in [-0.3, -0.25) is 9.59 Å². The molecule has 1 fully saturated rings. The van der Waals surface area contributed by atoms with Crippen LogP contribution in [0.5, 0.6) is 5.75 Å². The highest BCUT2D eigenvalue weighted by molar-refractivity contribution is 7.09. The number of rotatable bonds is 6. The van der Waals surface area contributed by atoms with Gasteiger partial charge in [-0.15, -0.1) is 11.3 Å². The van der Waals surface area contributed by atoms with Gasteiger partial charge in [0.1, 0.15) is 11.5 Å². The molecule has 0 aliphatic carbocycles. The van der Waals surface area contributed by atoms with Gasteiger partial charge in [-0.25, -0.2) is 0 Å². The standard InChI is InChI=1S/C25H22ClNO4S/c1-3-31-16-10-11-20(26)19(13-16)23(28)21-22(18-9-5-4-7-15(18)2)27(25(30)24(21)29)14-17-8-6-12-32-17/h4-13,22,28H,3,14H2,1-2H3/b23-21+. The zero-order chi connectivity index (χ0) is 22.8. The average Bonchev–Trinajstić information content (AvgIpc) is 3.38. The van der Waals surface area contributed by atoms with Crippen LogP contribution in [0.15, 0.2) is 65.6 Å². The summed E-state index contributed by atoms with van der Waals surface area (Å²) in [5.74, 6) is -1.17. The van der Waals surface area contributed by atoms with Crippen LogP contribution < -0.4 is 4.74 Å². The number of ketones is 1. The molecule has 4 rings (SSSR count). The number of nitrogens with zero attached hydrogens (tertiary/aromatic N) is 1. The average molecular weight is 468 g/mol. The lowest BCUT2D eigenvalue weighted by atomic mass is 9.92. The first-order chi connectivity index (χ1) is 15.4. The molecule has 0 radical (unpaired) electrons. The Morgan fingerprint density at radius 3 is 2.62 bits per heavy atom. The summed E-state index contributed by atoms with van der Waals surface area (Å²) in [5.41, 5.74) is 1.97. The van der Waals surface area contributed by atoms with Crippen LogP contribution in [0.2, 0.25) is 5.02 Å². The molecule has 0 bridgehead atoms. The fourth-order valence-corrected chi connectivity index (χ4v) is 4.83. The molecular weight excluding hydrogens is 446 g/mol. The SMILES string of the molecule is CCOc1ccc(Cl)c(/C(O)=C2\C(=O)C(=O)N(Cc3cccs3)C2c2ccccc2C)c1. The molecule has 1 atom stereocenters. The van der Waals surface area contributed by atoms with Crippen molar-refractivity contribution < 1.29 is 19.4 Å². The number of carbonyl (C=O) groups excluding carboxylic acids is 2. The second-order valence-electron chi connectivity index (χ2n) is 7.44. The summed E-state index contributed by atoms with van der Waals surface area (Å²) in [7, 11) is 0. The van der Waals surface area contributed by atoms with Gasteiger partial charge < -0.3 is 14.7 Å². The number of likely N-dealkylation sites (tertiary alicyclic amines) is 1. The number of amides is 1. The Bertz CT molecular complexity index is 1200. The lowest BCUT2D eigenvalue weighted by Gasteiger charge is -2.26. The maximum atomic E-state index is 13.2. The van der Waals surface area contributed by atoms with Crippen LogP contribution in [0.1, 0.15) is 34.5 Å². The largest absolute Gasteiger partial charge is 0.507 e. The highest BCUT2D eigenvalue weighted by atomic mass is 35.5. The molecule has 2 heterocycles. The second kappa shape index (κ2) is 9.18. The van der Waals surface area contributed by atoms with Gasteiger partial charge in [-0.2, -0.15) is 0 Å². The fourth-order valence-electron chi connectivity index (χ4n) is 3.92. The highest BCUT2D eigenvalue weighted by Gasteiger charge is 2.46. The first-order valence-corrected chi connectivity index (χ1v) is 11.5. The number of Topliss-reactive ketones (excluding diaryl/α,β-unsaturated/α-hetero) is 1. The zero-order valence-electron chi connectivity index (χ0n) is 17.7. The van der Waals surface area contributed by atoms with Crippen LogP contribution in [-0.4, -0.2) is 28.3 Å². The Hall–Kier alpha value is -3.09. The van der Waals surface area contributed by atoms with Crippen molar-refractivity contribution in [2.24, 2.45) is 0 Å². The molecule has 1 saturated heterocycles. The summed E-state index contributed by atoms with van der Waals surface area (Å²) < 4.78 is 5.53. The summed E-state index contributed by atoms with van der Waals surface area (Å²) in [6.07, 6.45) is 0. The van der Waals surface area contributed by atoms with Crippen molar-refractivity contribution in [1.29, 1.82) is 0 Å².